The van der Waals surface area contributed by atoms with Crippen LogP contribution in [-0.2, 0) is 11.3 Å². The van der Waals surface area contributed by atoms with Crippen molar-refractivity contribution in [3.63, 3.8) is 0 Å². The summed E-state index contributed by atoms with van der Waals surface area (Å²) in [5.41, 5.74) is 1.52. The largest absolute Gasteiger partial charge is 0.497 e. The molecule has 5 rings (SSSR count). The summed E-state index contributed by atoms with van der Waals surface area (Å²) in [6, 6.07) is 14.3. The predicted octanol–water partition coefficient (Wildman–Crippen LogP) is 2.88. The molecule has 2 aliphatic heterocycles. The second-order valence-electron chi connectivity index (χ2n) is 9.47. The Morgan fingerprint density at radius 3 is 2.61 bits per heavy atom. The molecule has 2 atom stereocenters. The first kappa shape index (κ1) is 23.8. The van der Waals surface area contributed by atoms with Crippen molar-refractivity contribution in [2.24, 2.45) is 5.92 Å². The molecule has 0 radical (unpaired) electrons. The van der Waals surface area contributed by atoms with Crippen LogP contribution in [0, 0.1) is 5.92 Å². The summed E-state index contributed by atoms with van der Waals surface area (Å²) in [4.78, 5) is 39.9. The SMILES string of the molecule is COc1ccc(NC(=O)N2CCN3Cc4nc(c5ccccc5n4)N[C@@H](C(C)C)C(=O)NC3C2)cc1. The van der Waals surface area contributed by atoms with Crippen LogP contribution >= 0.6 is 0 Å². The van der Waals surface area contributed by atoms with Gasteiger partial charge in [-0.1, -0.05) is 26.0 Å². The Morgan fingerprint density at radius 2 is 1.86 bits per heavy atom. The molecular formula is C26H31N7O3. The molecule has 0 aliphatic carbocycles. The number of benzene rings is 2. The Balaban J connectivity index is 1.39. The number of carbonyl (C=O) groups excluding carboxylic acids is 2. The third kappa shape index (κ3) is 4.90. The monoisotopic (exact) mass is 489 g/mol. The van der Waals surface area contributed by atoms with Crippen LogP contribution in [-0.4, -0.2) is 70.7 Å². The fourth-order valence-electron chi connectivity index (χ4n) is 4.63. The number of nitrogens with zero attached hydrogens (tertiary/aromatic N) is 4. The molecule has 1 saturated heterocycles. The quantitative estimate of drug-likeness (QED) is 0.519. The molecule has 36 heavy (non-hydrogen) atoms. The highest BCUT2D eigenvalue weighted by Gasteiger charge is 2.35. The summed E-state index contributed by atoms with van der Waals surface area (Å²) in [5.74, 6) is 1.96. The number of rotatable bonds is 3. The summed E-state index contributed by atoms with van der Waals surface area (Å²) in [5, 5.41) is 10.4. The number of amides is 3. The molecule has 2 aromatic carbocycles. The Kier molecular flexibility index (Phi) is 6.60. The van der Waals surface area contributed by atoms with Crippen molar-refractivity contribution in [3.05, 3.63) is 54.4 Å². The minimum atomic E-state index is -0.486. The normalized spacial score (nSPS) is 20.3. The van der Waals surface area contributed by atoms with E-state index in [1.54, 1.807) is 36.3 Å². The van der Waals surface area contributed by atoms with Gasteiger partial charge in [0, 0.05) is 24.2 Å². The van der Waals surface area contributed by atoms with E-state index in [0.29, 0.717) is 43.5 Å². The number of hydrogen-bond donors (Lipinski definition) is 3. The molecule has 188 valence electrons. The molecule has 10 heteroatoms. The minimum Gasteiger partial charge on any atom is -0.497 e. The van der Waals surface area contributed by atoms with Crippen molar-refractivity contribution < 1.29 is 14.3 Å². The highest BCUT2D eigenvalue weighted by molar-refractivity contribution is 5.93. The van der Waals surface area contributed by atoms with Crippen molar-refractivity contribution in [3.8, 4) is 5.75 Å². The van der Waals surface area contributed by atoms with Crippen molar-refractivity contribution in [1.29, 1.82) is 0 Å². The van der Waals surface area contributed by atoms with Crippen molar-refractivity contribution >= 4 is 34.3 Å². The third-order valence-corrected chi connectivity index (χ3v) is 6.66. The molecular weight excluding hydrogens is 458 g/mol. The molecule has 3 amide bonds. The summed E-state index contributed by atoms with van der Waals surface area (Å²) in [6.45, 7) is 5.90. The van der Waals surface area contributed by atoms with Crippen LogP contribution in [0.1, 0.15) is 19.7 Å². The molecule has 2 bridgehead atoms. The van der Waals surface area contributed by atoms with Gasteiger partial charge in [-0.05, 0) is 42.3 Å². The van der Waals surface area contributed by atoms with E-state index >= 15 is 0 Å². The van der Waals surface area contributed by atoms with Gasteiger partial charge in [0.1, 0.15) is 29.6 Å². The predicted molar refractivity (Wildman–Crippen MR) is 138 cm³/mol. The summed E-state index contributed by atoms with van der Waals surface area (Å²) in [6.07, 6.45) is -0.368. The smallest absolute Gasteiger partial charge is 0.322 e. The van der Waals surface area contributed by atoms with Gasteiger partial charge in [0.05, 0.1) is 25.7 Å². The average molecular weight is 490 g/mol. The van der Waals surface area contributed by atoms with Crippen LogP contribution in [0.2, 0.25) is 0 Å². The maximum Gasteiger partial charge on any atom is 0.322 e. The lowest BCUT2D eigenvalue weighted by Gasteiger charge is -2.42. The molecule has 3 aromatic rings. The van der Waals surface area contributed by atoms with Crippen molar-refractivity contribution in [1.82, 2.24) is 25.1 Å². The number of fused-ring (bicyclic) bond motifs is 5. The van der Waals surface area contributed by atoms with Gasteiger partial charge in [-0.2, -0.15) is 0 Å². The van der Waals surface area contributed by atoms with Gasteiger partial charge in [-0.25, -0.2) is 14.8 Å². The van der Waals surface area contributed by atoms with E-state index in [1.165, 1.54) is 0 Å². The zero-order valence-corrected chi connectivity index (χ0v) is 20.7. The first-order valence-electron chi connectivity index (χ1n) is 12.2. The van der Waals surface area contributed by atoms with Gasteiger partial charge >= 0.3 is 6.03 Å². The number of nitrogens with one attached hydrogen (secondary N) is 3. The minimum absolute atomic E-state index is 0.0214. The van der Waals surface area contributed by atoms with Crippen LogP contribution in [0.15, 0.2) is 48.5 Å². The van der Waals surface area contributed by atoms with E-state index in [4.69, 9.17) is 14.7 Å². The molecule has 1 fully saturated rings. The number of methoxy groups -OCH3 is 1. The molecule has 10 nitrogen and oxygen atoms in total. The van der Waals surface area contributed by atoms with Gasteiger partial charge in [0.2, 0.25) is 5.91 Å². The fraction of sp³-hybridized carbons (Fsp3) is 0.385. The zero-order valence-electron chi connectivity index (χ0n) is 20.7. The van der Waals surface area contributed by atoms with Crippen LogP contribution in [0.3, 0.4) is 0 Å². The lowest BCUT2D eigenvalue weighted by molar-refractivity contribution is -0.125. The Morgan fingerprint density at radius 1 is 1.08 bits per heavy atom. The molecule has 1 unspecified atom stereocenters. The van der Waals surface area contributed by atoms with E-state index in [1.807, 2.05) is 38.1 Å². The molecule has 0 spiro atoms. The zero-order chi connectivity index (χ0) is 25.2. The standard InChI is InChI=1S/C26H31N7O3/c1-16(2)23-25(34)30-22-15-33(26(35)27-17-8-10-18(36-3)11-9-17)13-12-32(22)14-21-28-20-7-5-4-6-19(20)24(29-21)31-23/h4-11,16,22-23H,12-15H2,1-3H3,(H,27,35)(H,30,34)(H,28,29,31)/t22?,23-/m0/s1. The van der Waals surface area contributed by atoms with Gasteiger partial charge in [-0.15, -0.1) is 0 Å². The molecule has 3 N–H and O–H groups in total. The first-order chi connectivity index (χ1) is 17.4. The van der Waals surface area contributed by atoms with E-state index in [9.17, 15) is 9.59 Å². The van der Waals surface area contributed by atoms with Gasteiger partial charge in [-0.3, -0.25) is 9.69 Å². The van der Waals surface area contributed by atoms with Crippen LogP contribution in [0.4, 0.5) is 16.3 Å². The second-order valence-corrected chi connectivity index (χ2v) is 9.47. The number of hydrogen-bond acceptors (Lipinski definition) is 7. The van der Waals surface area contributed by atoms with Crippen LogP contribution in [0.5, 0.6) is 5.75 Å². The number of para-hydroxylation sites is 1. The van der Waals surface area contributed by atoms with E-state index < -0.39 is 6.04 Å². The number of urea groups is 1. The van der Waals surface area contributed by atoms with E-state index in [-0.39, 0.29) is 24.0 Å². The summed E-state index contributed by atoms with van der Waals surface area (Å²) >= 11 is 0. The number of carbonyl (C=O) groups is 2. The van der Waals surface area contributed by atoms with Gasteiger partial charge < -0.3 is 25.6 Å². The maximum absolute atomic E-state index is 13.4. The number of aromatic nitrogens is 2. The second kappa shape index (κ2) is 9.98. The topological polar surface area (TPSA) is 112 Å². The van der Waals surface area contributed by atoms with E-state index in [0.717, 1.165) is 16.7 Å². The lowest BCUT2D eigenvalue weighted by atomic mass is 10.0. The summed E-state index contributed by atoms with van der Waals surface area (Å²) < 4.78 is 5.18. The van der Waals surface area contributed by atoms with Gasteiger partial charge in [0.25, 0.3) is 0 Å². The number of ether oxygens (including phenoxy) is 1. The maximum atomic E-state index is 13.4. The Labute approximate surface area is 210 Å². The first-order valence-corrected chi connectivity index (χ1v) is 12.2. The number of piperazine rings is 1. The number of anilines is 2. The van der Waals surface area contributed by atoms with Crippen molar-refractivity contribution in [2.45, 2.75) is 32.6 Å². The molecule has 1 aromatic heterocycles. The average Bonchev–Trinajstić information content (AvgIpc) is 2.88. The third-order valence-electron chi connectivity index (χ3n) is 6.66. The van der Waals surface area contributed by atoms with Gasteiger partial charge in [0.15, 0.2) is 0 Å². The Hall–Kier alpha value is -3.92. The summed E-state index contributed by atoms with van der Waals surface area (Å²) in [7, 11) is 1.60. The van der Waals surface area contributed by atoms with Crippen LogP contribution < -0.4 is 20.7 Å². The van der Waals surface area contributed by atoms with Crippen molar-refractivity contribution in [2.75, 3.05) is 37.4 Å². The van der Waals surface area contributed by atoms with Crippen LogP contribution in [0.25, 0.3) is 10.9 Å². The Bertz CT molecular complexity index is 1260. The fourth-order valence-corrected chi connectivity index (χ4v) is 4.63. The highest BCUT2D eigenvalue weighted by atomic mass is 16.5. The molecule has 3 heterocycles. The molecule has 0 saturated carbocycles. The van der Waals surface area contributed by atoms with E-state index in [2.05, 4.69) is 20.9 Å². The molecule has 2 aliphatic rings. The lowest BCUT2D eigenvalue weighted by Crippen LogP contribution is -2.63. The highest BCUT2D eigenvalue weighted by Crippen LogP contribution is 2.25.